The van der Waals surface area contributed by atoms with Gasteiger partial charge in [-0.05, 0) is 38.7 Å². The number of pyridine rings is 1. The van der Waals surface area contributed by atoms with Crippen molar-refractivity contribution in [1.82, 2.24) is 4.57 Å². The molecule has 1 aliphatic carbocycles. The molecule has 1 heterocycles. The Labute approximate surface area is 115 Å². The number of nitro groups is 1. The number of carbonyl (C=O) groups excluding carboxylic acids is 1. The van der Waals surface area contributed by atoms with Gasteiger partial charge in [0.15, 0.2) is 0 Å². The molecule has 0 unspecified atom stereocenters. The minimum Gasteiger partial charge on any atom is -0.461 e. The Bertz CT molecular complexity index is 587. The zero-order chi connectivity index (χ0) is 14.7. The van der Waals surface area contributed by atoms with Gasteiger partial charge in [0.25, 0.3) is 0 Å². The SMILES string of the molecule is Cc1ccc([N+](=O)[O-])c(=O)n1CC(=O)OC1CCCC1. The molecule has 0 N–H and O–H groups in total. The molecular formula is C13H16N2O5. The van der Waals surface area contributed by atoms with E-state index in [0.29, 0.717) is 5.69 Å². The van der Waals surface area contributed by atoms with E-state index in [9.17, 15) is 19.7 Å². The van der Waals surface area contributed by atoms with Crippen molar-refractivity contribution in [2.75, 3.05) is 0 Å². The van der Waals surface area contributed by atoms with Crippen molar-refractivity contribution in [1.29, 1.82) is 0 Å². The van der Waals surface area contributed by atoms with Crippen molar-refractivity contribution >= 4 is 11.7 Å². The average Bonchev–Trinajstić information content (AvgIpc) is 2.86. The molecule has 1 fully saturated rings. The maximum atomic E-state index is 11.9. The average molecular weight is 280 g/mol. The van der Waals surface area contributed by atoms with Gasteiger partial charge in [-0.1, -0.05) is 0 Å². The monoisotopic (exact) mass is 280 g/mol. The molecule has 7 heteroatoms. The summed E-state index contributed by atoms with van der Waals surface area (Å²) in [5, 5.41) is 10.7. The first-order chi connectivity index (χ1) is 9.49. The van der Waals surface area contributed by atoms with Crippen LogP contribution in [-0.4, -0.2) is 21.6 Å². The second-order valence-electron chi connectivity index (χ2n) is 4.90. The number of carbonyl (C=O) groups is 1. The number of rotatable bonds is 4. The van der Waals surface area contributed by atoms with E-state index in [2.05, 4.69) is 0 Å². The van der Waals surface area contributed by atoms with Crippen LogP contribution in [-0.2, 0) is 16.1 Å². The van der Waals surface area contributed by atoms with Crippen LogP contribution in [0.2, 0.25) is 0 Å². The first-order valence-electron chi connectivity index (χ1n) is 6.53. The van der Waals surface area contributed by atoms with Crippen molar-refractivity contribution in [3.8, 4) is 0 Å². The maximum Gasteiger partial charge on any atom is 0.334 e. The highest BCUT2D eigenvalue weighted by molar-refractivity contribution is 5.69. The third kappa shape index (κ3) is 3.04. The minimum absolute atomic E-state index is 0.0859. The Morgan fingerprint density at radius 2 is 2.10 bits per heavy atom. The van der Waals surface area contributed by atoms with Gasteiger partial charge in [0, 0.05) is 11.8 Å². The summed E-state index contributed by atoms with van der Waals surface area (Å²) in [5.74, 6) is -0.525. The Morgan fingerprint density at radius 3 is 2.70 bits per heavy atom. The molecule has 1 aromatic rings. The summed E-state index contributed by atoms with van der Waals surface area (Å²) in [6.45, 7) is 1.33. The van der Waals surface area contributed by atoms with Gasteiger partial charge in [-0.25, -0.2) is 0 Å². The number of aromatic nitrogens is 1. The van der Waals surface area contributed by atoms with Crippen molar-refractivity contribution in [2.45, 2.75) is 45.3 Å². The molecule has 108 valence electrons. The van der Waals surface area contributed by atoms with E-state index in [4.69, 9.17) is 4.74 Å². The highest BCUT2D eigenvalue weighted by Gasteiger charge is 2.22. The van der Waals surface area contributed by atoms with Crippen LogP contribution in [0.1, 0.15) is 31.4 Å². The van der Waals surface area contributed by atoms with Gasteiger partial charge in [-0.3, -0.25) is 24.3 Å². The van der Waals surface area contributed by atoms with Crippen LogP contribution >= 0.6 is 0 Å². The predicted molar refractivity (Wildman–Crippen MR) is 70.4 cm³/mol. The van der Waals surface area contributed by atoms with E-state index in [-0.39, 0.29) is 12.6 Å². The number of ether oxygens (including phenoxy) is 1. The molecule has 0 aromatic carbocycles. The lowest BCUT2D eigenvalue weighted by atomic mass is 10.3. The van der Waals surface area contributed by atoms with Crippen LogP contribution in [0.25, 0.3) is 0 Å². The summed E-state index contributed by atoms with van der Waals surface area (Å²) in [6.07, 6.45) is 3.67. The molecule has 7 nitrogen and oxygen atoms in total. The quantitative estimate of drug-likeness (QED) is 0.474. The molecule has 1 aromatic heterocycles. The first kappa shape index (κ1) is 14.2. The van der Waals surface area contributed by atoms with Crippen molar-refractivity contribution in [3.05, 3.63) is 38.3 Å². The second-order valence-corrected chi connectivity index (χ2v) is 4.90. The van der Waals surface area contributed by atoms with Crippen LogP contribution in [0.15, 0.2) is 16.9 Å². The molecule has 0 bridgehead atoms. The number of esters is 1. The number of nitrogens with zero attached hydrogens (tertiary/aromatic N) is 2. The van der Waals surface area contributed by atoms with Crippen LogP contribution in [0.5, 0.6) is 0 Å². The number of hydrogen-bond donors (Lipinski definition) is 0. The third-order valence-electron chi connectivity index (χ3n) is 3.46. The van der Waals surface area contributed by atoms with E-state index in [1.54, 1.807) is 6.92 Å². The van der Waals surface area contributed by atoms with Gasteiger partial charge < -0.3 is 4.74 Å². The van der Waals surface area contributed by atoms with Gasteiger partial charge in [-0.15, -0.1) is 0 Å². The first-order valence-corrected chi connectivity index (χ1v) is 6.53. The van der Waals surface area contributed by atoms with E-state index in [1.165, 1.54) is 6.07 Å². The molecule has 0 amide bonds. The molecule has 0 saturated heterocycles. The lowest BCUT2D eigenvalue weighted by molar-refractivity contribution is -0.386. The van der Waals surface area contributed by atoms with Crippen molar-refractivity contribution in [3.63, 3.8) is 0 Å². The molecule has 2 rings (SSSR count). The molecule has 0 radical (unpaired) electrons. The second kappa shape index (κ2) is 5.85. The van der Waals surface area contributed by atoms with Gasteiger partial charge in [0.1, 0.15) is 12.6 Å². The van der Waals surface area contributed by atoms with Gasteiger partial charge >= 0.3 is 17.2 Å². The summed E-state index contributed by atoms with van der Waals surface area (Å²) in [6, 6.07) is 2.60. The Hall–Kier alpha value is -2.18. The zero-order valence-corrected chi connectivity index (χ0v) is 11.2. The Balaban J connectivity index is 2.15. The third-order valence-corrected chi connectivity index (χ3v) is 3.46. The fourth-order valence-electron chi connectivity index (χ4n) is 2.35. The largest absolute Gasteiger partial charge is 0.461 e. The topological polar surface area (TPSA) is 91.4 Å². The van der Waals surface area contributed by atoms with Crippen molar-refractivity contribution in [2.24, 2.45) is 0 Å². The van der Waals surface area contributed by atoms with Crippen LogP contribution in [0.3, 0.4) is 0 Å². The van der Waals surface area contributed by atoms with Gasteiger partial charge in [0.05, 0.1) is 4.92 Å². The van der Waals surface area contributed by atoms with Crippen LogP contribution in [0.4, 0.5) is 5.69 Å². The molecule has 0 atom stereocenters. The van der Waals surface area contributed by atoms with Crippen LogP contribution in [0, 0.1) is 17.0 Å². The summed E-state index contributed by atoms with van der Waals surface area (Å²) >= 11 is 0. The fraction of sp³-hybridized carbons (Fsp3) is 0.538. The lowest BCUT2D eigenvalue weighted by Gasteiger charge is -2.13. The summed E-state index contributed by atoms with van der Waals surface area (Å²) in [4.78, 5) is 33.7. The summed E-state index contributed by atoms with van der Waals surface area (Å²) in [7, 11) is 0. The molecule has 0 aliphatic heterocycles. The lowest BCUT2D eigenvalue weighted by Crippen LogP contribution is -2.29. The van der Waals surface area contributed by atoms with Gasteiger partial charge in [-0.2, -0.15) is 0 Å². The van der Waals surface area contributed by atoms with E-state index < -0.39 is 22.1 Å². The zero-order valence-electron chi connectivity index (χ0n) is 11.2. The Kier molecular flexibility index (Phi) is 4.16. The number of hydrogen-bond acceptors (Lipinski definition) is 5. The van der Waals surface area contributed by atoms with E-state index >= 15 is 0 Å². The molecule has 1 saturated carbocycles. The predicted octanol–water partition coefficient (Wildman–Crippen LogP) is 1.55. The molecule has 0 spiro atoms. The standard InChI is InChI=1S/C13H16N2O5/c1-9-6-7-11(15(18)19)13(17)14(9)8-12(16)20-10-4-2-3-5-10/h6-7,10H,2-5,8H2,1H3. The van der Waals surface area contributed by atoms with Crippen molar-refractivity contribution < 1.29 is 14.5 Å². The minimum atomic E-state index is -0.779. The number of aryl methyl sites for hydroxylation is 1. The summed E-state index contributed by atoms with van der Waals surface area (Å²) < 4.78 is 6.34. The summed E-state index contributed by atoms with van der Waals surface area (Å²) in [5.41, 5.74) is -0.827. The highest BCUT2D eigenvalue weighted by Crippen LogP contribution is 2.21. The van der Waals surface area contributed by atoms with Crippen LogP contribution < -0.4 is 5.56 Å². The smallest absolute Gasteiger partial charge is 0.334 e. The molecular weight excluding hydrogens is 264 g/mol. The van der Waals surface area contributed by atoms with E-state index in [1.807, 2.05) is 0 Å². The van der Waals surface area contributed by atoms with Gasteiger partial charge in [0.2, 0.25) is 0 Å². The maximum absolute atomic E-state index is 11.9. The fourth-order valence-corrected chi connectivity index (χ4v) is 2.35. The Morgan fingerprint density at radius 1 is 1.45 bits per heavy atom. The van der Waals surface area contributed by atoms with E-state index in [0.717, 1.165) is 36.3 Å². The highest BCUT2D eigenvalue weighted by atomic mass is 16.6. The molecule has 20 heavy (non-hydrogen) atoms. The molecule has 1 aliphatic rings. The normalized spacial score (nSPS) is 15.2.